The van der Waals surface area contributed by atoms with E-state index in [1.807, 2.05) is 12.2 Å². The maximum Gasteiger partial charge on any atom is 0.242 e. The fourth-order valence-corrected chi connectivity index (χ4v) is 6.24. The highest BCUT2D eigenvalue weighted by Gasteiger charge is 2.32. The fraction of sp³-hybridized carbons (Fsp3) is 0.433. The van der Waals surface area contributed by atoms with Crippen molar-refractivity contribution in [2.45, 2.75) is 77.2 Å². The van der Waals surface area contributed by atoms with Crippen molar-refractivity contribution in [2.24, 2.45) is 11.8 Å². The van der Waals surface area contributed by atoms with Crippen LogP contribution >= 0.6 is 0 Å². The van der Waals surface area contributed by atoms with Crippen LogP contribution in [0.25, 0.3) is 0 Å². The zero-order valence-electron chi connectivity index (χ0n) is 23.1. The Bertz CT molecular complexity index is 1340. The van der Waals surface area contributed by atoms with Gasteiger partial charge in [-0.15, -0.1) is 0 Å². The number of pyridine rings is 2. The molecule has 2 aromatic rings. The van der Waals surface area contributed by atoms with Crippen molar-refractivity contribution in [3.63, 3.8) is 0 Å². The highest BCUT2D eigenvalue weighted by molar-refractivity contribution is 7.89. The normalized spacial score (nSPS) is 17.6. The molecule has 8 heteroatoms. The largest absolute Gasteiger partial charge is 0.304 e. The second-order valence-electron chi connectivity index (χ2n) is 10.9. The van der Waals surface area contributed by atoms with Gasteiger partial charge in [0.25, 0.3) is 0 Å². The first-order valence-electron chi connectivity index (χ1n) is 13.1. The summed E-state index contributed by atoms with van der Waals surface area (Å²) in [5.41, 5.74) is 2.44. The highest BCUT2D eigenvalue weighted by atomic mass is 32.2. The van der Waals surface area contributed by atoms with Gasteiger partial charge in [0.1, 0.15) is 10.7 Å². The topological polar surface area (TPSA) is 95.8 Å². The summed E-state index contributed by atoms with van der Waals surface area (Å²) in [5, 5.41) is 9.22. The van der Waals surface area contributed by atoms with Gasteiger partial charge in [-0.1, -0.05) is 56.2 Å². The monoisotopic (exact) mass is 538 g/mol. The third-order valence-corrected chi connectivity index (χ3v) is 8.51. The first-order valence-corrected chi connectivity index (χ1v) is 14.6. The molecule has 3 unspecified atom stereocenters. The van der Waals surface area contributed by atoms with E-state index in [4.69, 9.17) is 0 Å². The van der Waals surface area contributed by atoms with Crippen LogP contribution in [0.5, 0.6) is 0 Å². The zero-order chi connectivity index (χ0) is 28.1. The van der Waals surface area contributed by atoms with Crippen LogP contribution in [0.15, 0.2) is 71.4 Å². The van der Waals surface area contributed by atoms with Crippen LogP contribution in [0.1, 0.15) is 76.8 Å². The number of aromatic nitrogens is 2. The Kier molecular flexibility index (Phi) is 9.54. The van der Waals surface area contributed by atoms with Gasteiger partial charge in [0, 0.05) is 40.3 Å². The summed E-state index contributed by atoms with van der Waals surface area (Å²) in [6.07, 6.45) is 15.4. The minimum Gasteiger partial charge on any atom is -0.304 e. The molecule has 1 aliphatic carbocycles. The lowest BCUT2D eigenvalue weighted by Gasteiger charge is -2.30. The third kappa shape index (κ3) is 7.32. The number of nitrogens with one attached hydrogen (secondary N) is 2. The number of hydrogen-bond acceptors (Lipinski definition) is 5. The van der Waals surface area contributed by atoms with Gasteiger partial charge in [0.15, 0.2) is 0 Å². The lowest BCUT2D eigenvalue weighted by atomic mass is 9.75. The molecule has 0 fully saturated rings. The molecule has 2 N–H and O–H groups in total. The van der Waals surface area contributed by atoms with Crippen LogP contribution in [0.4, 0.5) is 4.39 Å². The molecular formula is C30H39FN4O2S. The predicted octanol–water partition coefficient (Wildman–Crippen LogP) is 6.65. The van der Waals surface area contributed by atoms with Crippen molar-refractivity contribution >= 4 is 15.7 Å². The Hall–Kier alpha value is -2.97. The molecule has 0 radical (unpaired) electrons. The van der Waals surface area contributed by atoms with E-state index in [-0.39, 0.29) is 22.4 Å². The number of hydrogen-bond donors (Lipinski definition) is 2. The molecule has 1 aliphatic rings. The molecule has 3 atom stereocenters. The van der Waals surface area contributed by atoms with Crippen molar-refractivity contribution in [3.8, 4) is 0 Å². The number of aryl methyl sites for hydroxylation is 1. The van der Waals surface area contributed by atoms with E-state index in [2.05, 4.69) is 46.8 Å². The smallest absolute Gasteiger partial charge is 0.242 e. The van der Waals surface area contributed by atoms with Crippen LogP contribution in [-0.4, -0.2) is 29.6 Å². The number of nitrogens with zero attached hydrogens (tertiary/aromatic N) is 2. The molecule has 0 aliphatic heterocycles. The van der Waals surface area contributed by atoms with E-state index < -0.39 is 27.3 Å². The van der Waals surface area contributed by atoms with Crippen LogP contribution in [-0.2, 0) is 10.0 Å². The van der Waals surface area contributed by atoms with E-state index >= 15 is 0 Å². The van der Waals surface area contributed by atoms with Crippen LogP contribution in [0, 0.1) is 30.0 Å². The number of halogens is 1. The quantitative estimate of drug-likeness (QED) is 0.331. The summed E-state index contributed by atoms with van der Waals surface area (Å²) in [6, 6.07) is 4.56. The van der Waals surface area contributed by atoms with Crippen LogP contribution < -0.4 is 4.72 Å². The lowest BCUT2D eigenvalue weighted by Crippen LogP contribution is -2.40. The second-order valence-corrected chi connectivity index (χ2v) is 12.5. The van der Waals surface area contributed by atoms with Crippen molar-refractivity contribution < 1.29 is 12.8 Å². The molecule has 0 aromatic carbocycles. The summed E-state index contributed by atoms with van der Waals surface area (Å²) < 4.78 is 42.6. The van der Waals surface area contributed by atoms with E-state index in [0.29, 0.717) is 17.0 Å². The van der Waals surface area contributed by atoms with Crippen molar-refractivity contribution in [1.29, 1.82) is 5.41 Å². The highest BCUT2D eigenvalue weighted by Crippen LogP contribution is 2.37. The Morgan fingerprint density at radius 1 is 1.13 bits per heavy atom. The molecule has 0 saturated carbocycles. The molecule has 3 rings (SSSR count). The number of allylic oxidation sites excluding steroid dienone is 6. The molecular weight excluding hydrogens is 499 g/mol. The Labute approximate surface area is 226 Å². The van der Waals surface area contributed by atoms with E-state index in [0.717, 1.165) is 25.5 Å². The van der Waals surface area contributed by atoms with Gasteiger partial charge in [0.05, 0.1) is 6.20 Å². The average molecular weight is 539 g/mol. The molecule has 2 aromatic heterocycles. The number of rotatable bonds is 10. The summed E-state index contributed by atoms with van der Waals surface area (Å²) >= 11 is 0. The van der Waals surface area contributed by atoms with Gasteiger partial charge >= 0.3 is 0 Å². The van der Waals surface area contributed by atoms with Crippen molar-refractivity contribution in [1.82, 2.24) is 14.7 Å². The third-order valence-electron chi connectivity index (χ3n) is 6.77. The van der Waals surface area contributed by atoms with Gasteiger partial charge in [-0.05, 0) is 70.6 Å². The molecule has 0 saturated heterocycles. The summed E-state index contributed by atoms with van der Waals surface area (Å²) in [6.45, 7) is 11.3. The summed E-state index contributed by atoms with van der Waals surface area (Å²) in [7, 11) is -3.76. The van der Waals surface area contributed by atoms with E-state index in [9.17, 15) is 18.2 Å². The summed E-state index contributed by atoms with van der Waals surface area (Å²) in [4.78, 5) is 8.77. The van der Waals surface area contributed by atoms with Gasteiger partial charge in [-0.25, -0.2) is 17.5 Å². The Balaban J connectivity index is 2.07. The molecule has 0 spiro atoms. The van der Waals surface area contributed by atoms with Gasteiger partial charge in [0.2, 0.25) is 10.0 Å². The van der Waals surface area contributed by atoms with Crippen LogP contribution in [0.2, 0.25) is 0 Å². The Morgan fingerprint density at radius 3 is 2.47 bits per heavy atom. The predicted molar refractivity (Wildman–Crippen MR) is 151 cm³/mol. The zero-order valence-corrected chi connectivity index (χ0v) is 23.9. The fourth-order valence-electron chi connectivity index (χ4n) is 4.88. The average Bonchev–Trinajstić information content (AvgIpc) is 3.08. The van der Waals surface area contributed by atoms with Crippen molar-refractivity contribution in [3.05, 3.63) is 89.3 Å². The van der Waals surface area contributed by atoms with E-state index in [1.165, 1.54) is 23.9 Å². The Morgan fingerprint density at radius 2 is 1.87 bits per heavy atom. The second kappa shape index (κ2) is 12.3. The van der Waals surface area contributed by atoms with Crippen molar-refractivity contribution in [2.75, 3.05) is 0 Å². The molecule has 204 valence electrons. The molecule has 0 amide bonds. The standard InChI is InChI=1S/C30H39FN4O2S/c1-7-21-12-10-9-11-13-23(21)16-22(8-2)28(29(32)26-17-24(31)18-33-20(26)3)27-15-14-25(19-34-27)38(36,37)35-30(4,5)6/h9-15,17-19,21-22,28,32,35H,7-8,16H2,1-6H3. The minimum absolute atomic E-state index is 0.0203. The maximum atomic E-state index is 14.2. The number of sulfonamides is 1. The first kappa shape index (κ1) is 29.6. The van der Waals surface area contributed by atoms with Gasteiger partial charge < -0.3 is 5.41 Å². The minimum atomic E-state index is -3.76. The summed E-state index contributed by atoms with van der Waals surface area (Å²) in [5.74, 6) is -0.717. The first-order chi connectivity index (χ1) is 17.9. The van der Waals surface area contributed by atoms with Gasteiger partial charge in [-0.2, -0.15) is 0 Å². The van der Waals surface area contributed by atoms with Gasteiger partial charge in [-0.3, -0.25) is 9.97 Å². The molecule has 0 bridgehead atoms. The molecule has 2 heterocycles. The van der Waals surface area contributed by atoms with Crippen LogP contribution in [0.3, 0.4) is 0 Å². The van der Waals surface area contributed by atoms with E-state index in [1.54, 1.807) is 33.8 Å². The molecule has 6 nitrogen and oxygen atoms in total. The SMILES string of the molecule is CCC1C=CC=CC=C1CC(CC)C(C(=N)c1cc(F)cnc1C)c1ccc(S(=O)(=O)NC(C)(C)C)cn1. The molecule has 38 heavy (non-hydrogen) atoms. The lowest BCUT2D eigenvalue weighted by molar-refractivity contribution is 0.448. The maximum absolute atomic E-state index is 14.2.